The quantitative estimate of drug-likeness (QED) is 0.844. The van der Waals surface area contributed by atoms with Crippen molar-refractivity contribution in [3.63, 3.8) is 0 Å². The molecule has 2 N–H and O–H groups in total. The number of fused-ring (bicyclic) bond motifs is 1. The Hall–Kier alpha value is -1.92. The van der Waals surface area contributed by atoms with Gasteiger partial charge in [0, 0.05) is 32.8 Å². The maximum absolute atomic E-state index is 12.3. The molecular formula is C14H18N4O2. The zero-order chi connectivity index (χ0) is 14.1. The summed E-state index contributed by atoms with van der Waals surface area (Å²) in [4.78, 5) is 16.6. The van der Waals surface area contributed by atoms with Crippen molar-refractivity contribution in [2.45, 2.75) is 12.1 Å². The molecule has 2 heterocycles. The highest BCUT2D eigenvalue weighted by Gasteiger charge is 2.28. The fourth-order valence-corrected chi connectivity index (χ4v) is 2.58. The number of rotatable bonds is 3. The number of carbonyl (C=O) groups excluding carboxylic acids is 1. The lowest BCUT2D eigenvalue weighted by molar-refractivity contribution is 0.0780. The standard InChI is InChI=1S/C14H18N4O2/c1-18-8-16-10-5-9(3-4-12(10)18)14(19)17-11-6-15-7-13(11)20-2/h3-5,8,11,13,15H,6-7H2,1-2H3,(H,17,19)/t11?,13-/m0/s1. The lowest BCUT2D eigenvalue weighted by Crippen LogP contribution is -2.43. The minimum Gasteiger partial charge on any atom is -0.378 e. The second-order valence-corrected chi connectivity index (χ2v) is 5.07. The van der Waals surface area contributed by atoms with Gasteiger partial charge in [0.05, 0.1) is 29.5 Å². The predicted molar refractivity (Wildman–Crippen MR) is 75.6 cm³/mol. The average Bonchev–Trinajstić information content (AvgIpc) is 3.05. The summed E-state index contributed by atoms with van der Waals surface area (Å²) >= 11 is 0. The van der Waals surface area contributed by atoms with Gasteiger partial charge in [-0.15, -0.1) is 0 Å². The molecule has 0 aliphatic carbocycles. The Morgan fingerprint density at radius 3 is 3.15 bits per heavy atom. The van der Waals surface area contributed by atoms with Gasteiger partial charge in [-0.05, 0) is 18.2 Å². The van der Waals surface area contributed by atoms with Gasteiger partial charge in [-0.1, -0.05) is 0 Å². The van der Waals surface area contributed by atoms with Gasteiger partial charge in [0.25, 0.3) is 5.91 Å². The Morgan fingerprint density at radius 1 is 1.50 bits per heavy atom. The second-order valence-electron chi connectivity index (χ2n) is 5.07. The van der Waals surface area contributed by atoms with Crippen LogP contribution in [0.1, 0.15) is 10.4 Å². The van der Waals surface area contributed by atoms with E-state index in [2.05, 4.69) is 15.6 Å². The number of aromatic nitrogens is 2. The van der Waals surface area contributed by atoms with Crippen LogP contribution >= 0.6 is 0 Å². The number of methoxy groups -OCH3 is 1. The Morgan fingerprint density at radius 2 is 2.35 bits per heavy atom. The average molecular weight is 274 g/mol. The topological polar surface area (TPSA) is 68.2 Å². The van der Waals surface area contributed by atoms with Gasteiger partial charge in [0.2, 0.25) is 0 Å². The summed E-state index contributed by atoms with van der Waals surface area (Å²) in [6.07, 6.45) is 1.77. The number of nitrogens with zero attached hydrogens (tertiary/aromatic N) is 2. The maximum Gasteiger partial charge on any atom is 0.251 e. The molecule has 6 heteroatoms. The summed E-state index contributed by atoms with van der Waals surface area (Å²) in [6.45, 7) is 1.50. The zero-order valence-corrected chi connectivity index (χ0v) is 11.6. The van der Waals surface area contributed by atoms with E-state index in [0.29, 0.717) is 5.56 Å². The van der Waals surface area contributed by atoms with Crippen molar-refractivity contribution in [2.24, 2.45) is 7.05 Å². The largest absolute Gasteiger partial charge is 0.378 e. The van der Waals surface area contributed by atoms with Crippen LogP contribution in [-0.2, 0) is 11.8 Å². The number of amides is 1. The molecule has 0 bridgehead atoms. The first-order valence-corrected chi connectivity index (χ1v) is 6.64. The third-order valence-electron chi connectivity index (χ3n) is 3.77. The number of imidazole rings is 1. The molecule has 1 saturated heterocycles. The first-order chi connectivity index (χ1) is 9.69. The van der Waals surface area contributed by atoms with Gasteiger partial charge in [-0.3, -0.25) is 4.79 Å². The van der Waals surface area contributed by atoms with Crippen molar-refractivity contribution in [1.82, 2.24) is 20.2 Å². The van der Waals surface area contributed by atoms with E-state index in [1.165, 1.54) is 0 Å². The van der Waals surface area contributed by atoms with Crippen LogP contribution in [0.15, 0.2) is 24.5 Å². The summed E-state index contributed by atoms with van der Waals surface area (Å²) in [5, 5.41) is 6.21. The molecule has 0 spiro atoms. The number of benzene rings is 1. The van der Waals surface area contributed by atoms with E-state index in [1.54, 1.807) is 13.4 Å². The number of carbonyl (C=O) groups is 1. The minimum absolute atomic E-state index is 0.00642. The van der Waals surface area contributed by atoms with E-state index in [4.69, 9.17) is 4.74 Å². The third-order valence-corrected chi connectivity index (χ3v) is 3.77. The van der Waals surface area contributed by atoms with Gasteiger partial charge in [0.15, 0.2) is 0 Å². The predicted octanol–water partition coefficient (Wildman–Crippen LogP) is 0.290. The highest BCUT2D eigenvalue weighted by Crippen LogP contribution is 2.14. The van der Waals surface area contributed by atoms with Crippen molar-refractivity contribution in [2.75, 3.05) is 20.2 Å². The maximum atomic E-state index is 12.3. The molecule has 3 rings (SSSR count). The van der Waals surface area contributed by atoms with Crippen molar-refractivity contribution in [3.05, 3.63) is 30.1 Å². The Kier molecular flexibility index (Phi) is 3.42. The van der Waals surface area contributed by atoms with E-state index >= 15 is 0 Å². The van der Waals surface area contributed by atoms with E-state index in [9.17, 15) is 4.79 Å². The van der Waals surface area contributed by atoms with Crippen molar-refractivity contribution in [1.29, 1.82) is 0 Å². The van der Waals surface area contributed by atoms with Gasteiger partial charge < -0.3 is 19.9 Å². The van der Waals surface area contributed by atoms with Crippen LogP contribution in [-0.4, -0.2) is 47.8 Å². The van der Waals surface area contributed by atoms with Crippen LogP contribution in [0.5, 0.6) is 0 Å². The Balaban J connectivity index is 1.78. The van der Waals surface area contributed by atoms with Crippen LogP contribution in [0.25, 0.3) is 11.0 Å². The van der Waals surface area contributed by atoms with Crippen molar-refractivity contribution < 1.29 is 9.53 Å². The van der Waals surface area contributed by atoms with Gasteiger partial charge in [-0.25, -0.2) is 4.98 Å². The third kappa shape index (κ3) is 2.28. The molecule has 2 atom stereocenters. The lowest BCUT2D eigenvalue weighted by atomic mass is 10.1. The number of hydrogen-bond acceptors (Lipinski definition) is 4. The van der Waals surface area contributed by atoms with Gasteiger partial charge in [-0.2, -0.15) is 0 Å². The van der Waals surface area contributed by atoms with Crippen LogP contribution in [0, 0.1) is 0 Å². The minimum atomic E-state index is -0.0895. The van der Waals surface area contributed by atoms with Crippen LogP contribution in [0.2, 0.25) is 0 Å². The summed E-state index contributed by atoms with van der Waals surface area (Å²) in [7, 11) is 3.60. The Labute approximate surface area is 117 Å². The normalized spacial score (nSPS) is 22.3. The summed E-state index contributed by atoms with van der Waals surface area (Å²) in [6, 6.07) is 5.56. The number of aryl methyl sites for hydroxylation is 1. The first-order valence-electron chi connectivity index (χ1n) is 6.64. The fraction of sp³-hybridized carbons (Fsp3) is 0.429. The summed E-state index contributed by atoms with van der Waals surface area (Å²) in [5.74, 6) is -0.0895. The van der Waals surface area contributed by atoms with Gasteiger partial charge in [0.1, 0.15) is 0 Å². The lowest BCUT2D eigenvalue weighted by Gasteiger charge is -2.18. The molecule has 2 aromatic rings. The van der Waals surface area contributed by atoms with Crippen LogP contribution in [0.3, 0.4) is 0 Å². The second kappa shape index (κ2) is 5.22. The molecule has 1 aliphatic heterocycles. The molecular weight excluding hydrogens is 256 g/mol. The summed E-state index contributed by atoms with van der Waals surface area (Å²) < 4.78 is 7.27. The molecule has 106 valence electrons. The fourth-order valence-electron chi connectivity index (χ4n) is 2.58. The molecule has 1 aromatic heterocycles. The number of hydrogen-bond donors (Lipinski definition) is 2. The monoisotopic (exact) mass is 274 g/mol. The highest BCUT2D eigenvalue weighted by atomic mass is 16.5. The molecule has 1 unspecified atom stereocenters. The van der Waals surface area contributed by atoms with E-state index in [0.717, 1.165) is 24.1 Å². The van der Waals surface area contributed by atoms with Gasteiger partial charge >= 0.3 is 0 Å². The SMILES string of the molecule is CO[C@H]1CNCC1NC(=O)c1ccc2c(c1)ncn2C. The molecule has 0 saturated carbocycles. The molecule has 1 amide bonds. The summed E-state index contributed by atoms with van der Waals surface area (Å²) in [5.41, 5.74) is 2.46. The van der Waals surface area contributed by atoms with Crippen molar-refractivity contribution in [3.8, 4) is 0 Å². The van der Waals surface area contributed by atoms with Crippen LogP contribution in [0.4, 0.5) is 0 Å². The first kappa shape index (κ1) is 13.1. The van der Waals surface area contributed by atoms with Crippen molar-refractivity contribution >= 4 is 16.9 Å². The van der Waals surface area contributed by atoms with Crippen LogP contribution < -0.4 is 10.6 Å². The number of nitrogens with one attached hydrogen (secondary N) is 2. The molecule has 6 nitrogen and oxygen atoms in total. The molecule has 1 aromatic carbocycles. The molecule has 1 aliphatic rings. The zero-order valence-electron chi connectivity index (χ0n) is 11.6. The number of ether oxygens (including phenoxy) is 1. The smallest absolute Gasteiger partial charge is 0.251 e. The van der Waals surface area contributed by atoms with E-state index < -0.39 is 0 Å². The van der Waals surface area contributed by atoms with E-state index in [1.807, 2.05) is 29.8 Å². The Bertz CT molecular complexity index is 637. The highest BCUT2D eigenvalue weighted by molar-refractivity contribution is 5.97. The molecule has 1 fully saturated rings. The molecule has 20 heavy (non-hydrogen) atoms. The molecule has 0 radical (unpaired) electrons. The van der Waals surface area contributed by atoms with E-state index in [-0.39, 0.29) is 18.1 Å².